The lowest BCUT2D eigenvalue weighted by Crippen LogP contribution is -2.23. The third-order valence-corrected chi connectivity index (χ3v) is 6.10. The van der Waals surface area contributed by atoms with Crippen LogP contribution in [0.4, 0.5) is 39.5 Å². The van der Waals surface area contributed by atoms with Crippen LogP contribution in [0.25, 0.3) is 0 Å². The van der Waals surface area contributed by atoms with Crippen molar-refractivity contribution in [3.05, 3.63) is 118 Å². The van der Waals surface area contributed by atoms with Crippen molar-refractivity contribution in [1.29, 1.82) is 0 Å². The molecule has 0 fully saturated rings. The minimum atomic E-state index is -4.41. The predicted molar refractivity (Wildman–Crippen MR) is 144 cm³/mol. The summed E-state index contributed by atoms with van der Waals surface area (Å²) in [7, 11) is 0. The number of hydrogen-bond donors (Lipinski definition) is 0. The van der Waals surface area contributed by atoms with E-state index >= 15 is 0 Å². The Kier molecular flexibility index (Phi) is 10.00. The maximum Gasteiger partial charge on any atom is 0.429 e. The maximum absolute atomic E-state index is 14.8. The summed E-state index contributed by atoms with van der Waals surface area (Å²) in [5.74, 6) is 1.72. The number of hydrogen-bond acceptors (Lipinski definition) is 2. The molecule has 0 aliphatic heterocycles. The molecule has 1 aliphatic rings. The second-order valence-corrected chi connectivity index (χ2v) is 9.42. The normalized spacial score (nSPS) is 16.1. The second kappa shape index (κ2) is 13.7. The Bertz CT molecular complexity index is 1720. The predicted octanol–water partition coefficient (Wildman–Crippen LogP) is 8.77. The first-order valence-corrected chi connectivity index (χ1v) is 13.1. The van der Waals surface area contributed by atoms with Gasteiger partial charge in [-0.2, -0.15) is 8.78 Å². The SMILES string of the molecule is CCCCOc1ccc(C#Cc2ccc(C(F)(F)Oc3cc(F)c(C#CC4=CC(F)C(F)C(F)=C4)c(F)c3)c(F)c2)c(F)c1. The largest absolute Gasteiger partial charge is 0.493 e. The average molecular weight is 621 g/mol. The van der Waals surface area contributed by atoms with Crippen LogP contribution in [0.2, 0.25) is 0 Å². The van der Waals surface area contributed by atoms with Gasteiger partial charge in [-0.25, -0.2) is 30.7 Å². The summed E-state index contributed by atoms with van der Waals surface area (Å²) in [6, 6.07) is 7.04. The van der Waals surface area contributed by atoms with Gasteiger partial charge in [0.15, 0.2) is 12.3 Å². The summed E-state index contributed by atoms with van der Waals surface area (Å²) in [6.45, 7) is 2.39. The van der Waals surface area contributed by atoms with Crippen molar-refractivity contribution < 1.29 is 49.0 Å². The van der Waals surface area contributed by atoms with Crippen LogP contribution in [0.15, 0.2) is 72.1 Å². The number of benzene rings is 3. The van der Waals surface area contributed by atoms with Crippen molar-refractivity contribution in [1.82, 2.24) is 0 Å². The van der Waals surface area contributed by atoms with E-state index in [4.69, 9.17) is 4.74 Å². The van der Waals surface area contributed by atoms with E-state index in [0.717, 1.165) is 25.0 Å². The van der Waals surface area contributed by atoms with Crippen LogP contribution in [0.3, 0.4) is 0 Å². The third kappa shape index (κ3) is 7.78. The fourth-order valence-corrected chi connectivity index (χ4v) is 3.82. The molecule has 4 rings (SSSR count). The van der Waals surface area contributed by atoms with Crippen molar-refractivity contribution in [2.75, 3.05) is 6.61 Å². The molecule has 1 aliphatic carbocycles. The molecule has 0 heterocycles. The second-order valence-electron chi connectivity index (χ2n) is 9.42. The Morgan fingerprint density at radius 3 is 2.11 bits per heavy atom. The molecule has 0 N–H and O–H groups in total. The standard InChI is InChI=1S/C33H21F9O2/c1-2-3-12-43-22-9-8-21(26(34)16-22)7-4-19-6-11-25(29(37)13-19)33(41,42)44-23-17-27(35)24(28(36)18-23)10-5-20-14-30(38)32(40)31(39)15-20/h6,8-9,11,13-18,30,32H,2-3,12H2,1H3. The highest BCUT2D eigenvalue weighted by Crippen LogP contribution is 2.35. The Hall–Kier alpha value is -4.77. The van der Waals surface area contributed by atoms with Crippen LogP contribution in [0, 0.1) is 47.0 Å². The van der Waals surface area contributed by atoms with Gasteiger partial charge in [-0.1, -0.05) is 37.0 Å². The zero-order valence-electron chi connectivity index (χ0n) is 22.8. The summed E-state index contributed by atoms with van der Waals surface area (Å²) < 4.78 is 137. The van der Waals surface area contributed by atoms with E-state index in [1.165, 1.54) is 12.1 Å². The molecule has 0 radical (unpaired) electrons. The lowest BCUT2D eigenvalue weighted by Gasteiger charge is -2.19. The minimum absolute atomic E-state index is 0.0396. The Balaban J connectivity index is 1.49. The van der Waals surface area contributed by atoms with Crippen molar-refractivity contribution in [2.24, 2.45) is 0 Å². The molecule has 0 saturated carbocycles. The van der Waals surface area contributed by atoms with Gasteiger partial charge < -0.3 is 9.47 Å². The van der Waals surface area contributed by atoms with E-state index < -0.39 is 70.0 Å². The maximum atomic E-state index is 14.8. The molecule has 44 heavy (non-hydrogen) atoms. The molecule has 0 aromatic heterocycles. The third-order valence-electron chi connectivity index (χ3n) is 6.10. The highest BCUT2D eigenvalue weighted by atomic mass is 19.3. The molecule has 3 aromatic rings. The molecular weight excluding hydrogens is 599 g/mol. The van der Waals surface area contributed by atoms with Gasteiger partial charge in [0.2, 0.25) is 0 Å². The van der Waals surface area contributed by atoms with Crippen molar-refractivity contribution in [3.63, 3.8) is 0 Å². The fourth-order valence-electron chi connectivity index (χ4n) is 3.82. The Morgan fingerprint density at radius 2 is 1.48 bits per heavy atom. The van der Waals surface area contributed by atoms with E-state index in [2.05, 4.69) is 22.5 Å². The highest BCUT2D eigenvalue weighted by molar-refractivity contribution is 5.50. The fraction of sp³-hybridized carbons (Fsp3) is 0.212. The molecular formula is C33H21F9O2. The smallest absolute Gasteiger partial charge is 0.429 e. The van der Waals surface area contributed by atoms with Crippen molar-refractivity contribution >= 4 is 0 Å². The number of alkyl halides is 4. The minimum Gasteiger partial charge on any atom is -0.493 e. The molecule has 228 valence electrons. The summed E-state index contributed by atoms with van der Waals surface area (Å²) >= 11 is 0. The first kappa shape index (κ1) is 32.2. The first-order chi connectivity index (χ1) is 20.9. The van der Waals surface area contributed by atoms with Crippen LogP contribution in [-0.4, -0.2) is 19.0 Å². The van der Waals surface area contributed by atoms with Gasteiger partial charge in [-0.15, -0.1) is 0 Å². The van der Waals surface area contributed by atoms with E-state index in [1.54, 1.807) is 0 Å². The summed E-state index contributed by atoms with van der Waals surface area (Å²) in [5.41, 5.74) is -2.74. The van der Waals surface area contributed by atoms with Gasteiger partial charge in [0.25, 0.3) is 0 Å². The average Bonchev–Trinajstić information content (AvgIpc) is 2.94. The van der Waals surface area contributed by atoms with Gasteiger partial charge in [-0.3, -0.25) is 0 Å². The lowest BCUT2D eigenvalue weighted by molar-refractivity contribution is -0.187. The van der Waals surface area contributed by atoms with Crippen molar-refractivity contribution in [2.45, 2.75) is 38.2 Å². The number of allylic oxidation sites excluding steroid dienone is 4. The monoisotopic (exact) mass is 620 g/mol. The van der Waals surface area contributed by atoms with Gasteiger partial charge >= 0.3 is 6.11 Å². The van der Waals surface area contributed by atoms with Crippen LogP contribution < -0.4 is 9.47 Å². The van der Waals surface area contributed by atoms with Crippen LogP contribution in [-0.2, 0) is 6.11 Å². The molecule has 0 saturated heterocycles. The van der Waals surface area contributed by atoms with Gasteiger partial charge in [0.05, 0.1) is 17.7 Å². The summed E-state index contributed by atoms with van der Waals surface area (Å²) in [4.78, 5) is 0. The number of halogens is 9. The van der Waals surface area contributed by atoms with E-state index in [9.17, 15) is 39.5 Å². The topological polar surface area (TPSA) is 18.5 Å². The summed E-state index contributed by atoms with van der Waals surface area (Å²) in [6.07, 6.45) is -6.43. The van der Waals surface area contributed by atoms with Crippen LogP contribution in [0.1, 0.15) is 42.0 Å². The summed E-state index contributed by atoms with van der Waals surface area (Å²) in [5, 5.41) is 0. The molecule has 0 bridgehead atoms. The van der Waals surface area contributed by atoms with Crippen molar-refractivity contribution in [3.8, 4) is 35.2 Å². The number of unbranched alkanes of at least 4 members (excludes halogenated alkanes) is 1. The number of rotatable bonds is 7. The molecule has 0 spiro atoms. The van der Waals surface area contributed by atoms with E-state index in [1.807, 2.05) is 12.8 Å². The zero-order chi connectivity index (χ0) is 32.0. The molecule has 3 aromatic carbocycles. The molecule has 2 unspecified atom stereocenters. The zero-order valence-corrected chi connectivity index (χ0v) is 22.8. The van der Waals surface area contributed by atoms with Crippen LogP contribution in [0.5, 0.6) is 11.5 Å². The lowest BCUT2D eigenvalue weighted by atomic mass is 10.0. The van der Waals surface area contributed by atoms with E-state index in [-0.39, 0.29) is 11.1 Å². The number of ether oxygens (including phenoxy) is 2. The van der Waals surface area contributed by atoms with Gasteiger partial charge in [0, 0.05) is 29.3 Å². The molecule has 11 heteroatoms. The first-order valence-electron chi connectivity index (χ1n) is 13.1. The molecule has 0 amide bonds. The Labute approximate surface area is 246 Å². The Morgan fingerprint density at radius 1 is 0.773 bits per heavy atom. The van der Waals surface area contributed by atoms with Gasteiger partial charge in [0.1, 0.15) is 46.2 Å². The van der Waals surface area contributed by atoms with Gasteiger partial charge in [-0.05, 0) is 48.9 Å². The van der Waals surface area contributed by atoms with E-state index in [0.29, 0.717) is 48.8 Å². The molecule has 2 atom stereocenters. The quantitative estimate of drug-likeness (QED) is 0.149. The molecule has 2 nitrogen and oxygen atoms in total. The highest BCUT2D eigenvalue weighted by Gasteiger charge is 2.38. The van der Waals surface area contributed by atoms with Crippen LogP contribution >= 0.6 is 0 Å².